The molecule has 0 radical (unpaired) electrons. The van der Waals surface area contributed by atoms with Crippen molar-refractivity contribution in [3.8, 4) is 0 Å². The molecular formula is C13H20N2O2S. The van der Waals surface area contributed by atoms with Crippen LogP contribution in [-0.4, -0.2) is 34.0 Å². The van der Waals surface area contributed by atoms with E-state index in [0.29, 0.717) is 18.4 Å². The molecule has 1 aromatic rings. The molecule has 1 fully saturated rings. The minimum absolute atomic E-state index is 0.296. The van der Waals surface area contributed by atoms with Crippen molar-refractivity contribution in [2.24, 2.45) is 5.92 Å². The molecule has 2 heterocycles. The highest BCUT2D eigenvalue weighted by Gasteiger charge is 2.25. The quantitative estimate of drug-likeness (QED) is 0.892. The van der Waals surface area contributed by atoms with Crippen molar-refractivity contribution in [1.29, 1.82) is 0 Å². The number of hydrogen-bond donors (Lipinski definition) is 1. The molecule has 0 aliphatic carbocycles. The Kier molecular flexibility index (Phi) is 4.72. The number of carbonyl (C=O) groups is 1. The third kappa shape index (κ3) is 3.53. The Morgan fingerprint density at radius 1 is 1.72 bits per heavy atom. The van der Waals surface area contributed by atoms with Gasteiger partial charge in [-0.15, -0.1) is 11.3 Å². The third-order valence-electron chi connectivity index (χ3n) is 3.67. The van der Waals surface area contributed by atoms with Gasteiger partial charge in [0.2, 0.25) is 0 Å². The highest BCUT2D eigenvalue weighted by molar-refractivity contribution is 7.09. The van der Waals surface area contributed by atoms with Crippen LogP contribution in [0, 0.1) is 5.92 Å². The summed E-state index contributed by atoms with van der Waals surface area (Å²) in [5.74, 6) is -0.155. The van der Waals surface area contributed by atoms with Gasteiger partial charge in [-0.25, -0.2) is 4.98 Å². The Morgan fingerprint density at radius 2 is 2.56 bits per heavy atom. The summed E-state index contributed by atoms with van der Waals surface area (Å²) in [5.41, 5.74) is 0. The van der Waals surface area contributed by atoms with Crippen LogP contribution in [0.1, 0.15) is 43.7 Å². The van der Waals surface area contributed by atoms with Gasteiger partial charge in [0.05, 0.1) is 6.04 Å². The van der Waals surface area contributed by atoms with Gasteiger partial charge in [-0.05, 0) is 38.6 Å². The number of piperidine rings is 1. The van der Waals surface area contributed by atoms with E-state index in [0.717, 1.165) is 30.9 Å². The molecule has 0 saturated carbocycles. The summed E-state index contributed by atoms with van der Waals surface area (Å²) in [6.45, 7) is 4.30. The van der Waals surface area contributed by atoms with Crippen LogP contribution in [0.3, 0.4) is 0 Å². The molecule has 2 rings (SSSR count). The molecule has 0 spiro atoms. The van der Waals surface area contributed by atoms with Gasteiger partial charge in [-0.1, -0.05) is 0 Å². The Morgan fingerprint density at radius 3 is 3.22 bits per heavy atom. The number of carboxylic acids is 1. The lowest BCUT2D eigenvalue weighted by atomic mass is 9.92. The average molecular weight is 268 g/mol. The fourth-order valence-corrected chi connectivity index (χ4v) is 3.34. The maximum Gasteiger partial charge on any atom is 0.303 e. The Labute approximate surface area is 112 Å². The van der Waals surface area contributed by atoms with Crippen LogP contribution in [0.4, 0.5) is 0 Å². The van der Waals surface area contributed by atoms with Gasteiger partial charge in [0, 0.05) is 24.5 Å². The summed E-state index contributed by atoms with van der Waals surface area (Å²) in [5, 5.41) is 11.9. The van der Waals surface area contributed by atoms with Gasteiger partial charge in [-0.2, -0.15) is 0 Å². The highest BCUT2D eigenvalue weighted by Crippen LogP contribution is 2.29. The maximum absolute atomic E-state index is 10.6. The van der Waals surface area contributed by atoms with Crippen molar-refractivity contribution in [2.75, 3.05) is 13.1 Å². The van der Waals surface area contributed by atoms with Gasteiger partial charge < -0.3 is 5.11 Å². The molecule has 100 valence electrons. The smallest absolute Gasteiger partial charge is 0.303 e. The van der Waals surface area contributed by atoms with E-state index in [1.165, 1.54) is 6.42 Å². The highest BCUT2D eigenvalue weighted by atomic mass is 32.1. The molecule has 5 heteroatoms. The molecule has 0 bridgehead atoms. The number of carboxylic acid groups (broad SMARTS) is 1. The number of likely N-dealkylation sites (tertiary alicyclic amines) is 1. The van der Waals surface area contributed by atoms with Crippen molar-refractivity contribution >= 4 is 17.3 Å². The SMILES string of the molecule is CC(c1nccs1)N1CCCC(CCC(=O)O)C1. The first kappa shape index (κ1) is 13.5. The third-order valence-corrected chi connectivity index (χ3v) is 4.62. The number of aliphatic carboxylic acids is 1. The normalized spacial score (nSPS) is 22.8. The fraction of sp³-hybridized carbons (Fsp3) is 0.692. The molecule has 0 amide bonds. The predicted molar refractivity (Wildman–Crippen MR) is 71.7 cm³/mol. The predicted octanol–water partition coefficient (Wildman–Crippen LogP) is 2.78. The van der Waals surface area contributed by atoms with E-state index >= 15 is 0 Å². The molecule has 1 aromatic heterocycles. The first-order valence-corrected chi connectivity index (χ1v) is 7.40. The summed E-state index contributed by atoms with van der Waals surface area (Å²) in [7, 11) is 0. The van der Waals surface area contributed by atoms with E-state index in [4.69, 9.17) is 5.11 Å². The number of hydrogen-bond acceptors (Lipinski definition) is 4. The minimum atomic E-state index is -0.680. The zero-order valence-electron chi connectivity index (χ0n) is 10.7. The number of aromatic nitrogens is 1. The first-order valence-electron chi connectivity index (χ1n) is 6.52. The van der Waals surface area contributed by atoms with Gasteiger partial charge in [0.15, 0.2) is 0 Å². The number of nitrogens with zero attached hydrogens (tertiary/aromatic N) is 2. The first-order chi connectivity index (χ1) is 8.66. The van der Waals surface area contributed by atoms with E-state index < -0.39 is 5.97 Å². The maximum atomic E-state index is 10.6. The lowest BCUT2D eigenvalue weighted by Gasteiger charge is -2.36. The molecule has 1 aliphatic heterocycles. The largest absolute Gasteiger partial charge is 0.481 e. The molecule has 18 heavy (non-hydrogen) atoms. The van der Waals surface area contributed by atoms with E-state index in [9.17, 15) is 4.79 Å². The summed E-state index contributed by atoms with van der Waals surface area (Å²) in [6, 6.07) is 0.359. The summed E-state index contributed by atoms with van der Waals surface area (Å²) >= 11 is 1.70. The van der Waals surface area contributed by atoms with Gasteiger partial charge >= 0.3 is 5.97 Å². The van der Waals surface area contributed by atoms with E-state index in [-0.39, 0.29) is 0 Å². The van der Waals surface area contributed by atoms with Gasteiger partial charge in [0.25, 0.3) is 0 Å². The Hall–Kier alpha value is -0.940. The average Bonchev–Trinajstić information content (AvgIpc) is 2.89. The molecular weight excluding hydrogens is 248 g/mol. The van der Waals surface area contributed by atoms with E-state index in [1.807, 2.05) is 11.6 Å². The zero-order valence-corrected chi connectivity index (χ0v) is 11.5. The van der Waals surface area contributed by atoms with Crippen LogP contribution in [-0.2, 0) is 4.79 Å². The topological polar surface area (TPSA) is 53.4 Å². The van der Waals surface area contributed by atoms with Crippen molar-refractivity contribution < 1.29 is 9.90 Å². The van der Waals surface area contributed by atoms with Crippen molar-refractivity contribution in [2.45, 2.75) is 38.6 Å². The van der Waals surface area contributed by atoms with Crippen LogP contribution < -0.4 is 0 Å². The molecule has 1 aliphatic rings. The summed E-state index contributed by atoms with van der Waals surface area (Å²) in [6.07, 6.45) is 5.28. The van der Waals surface area contributed by atoms with Crippen LogP contribution >= 0.6 is 11.3 Å². The van der Waals surface area contributed by atoms with Gasteiger partial charge in [0.1, 0.15) is 5.01 Å². The Bertz CT molecular complexity index is 380. The summed E-state index contributed by atoms with van der Waals surface area (Å²) in [4.78, 5) is 17.4. The summed E-state index contributed by atoms with van der Waals surface area (Å²) < 4.78 is 0. The van der Waals surface area contributed by atoms with E-state index in [1.54, 1.807) is 11.3 Å². The van der Waals surface area contributed by atoms with Crippen LogP contribution in [0.15, 0.2) is 11.6 Å². The molecule has 0 aromatic carbocycles. The van der Waals surface area contributed by atoms with Crippen LogP contribution in [0.2, 0.25) is 0 Å². The Balaban J connectivity index is 1.88. The lowest BCUT2D eigenvalue weighted by molar-refractivity contribution is -0.137. The number of thiazole rings is 1. The van der Waals surface area contributed by atoms with Crippen molar-refractivity contribution in [3.63, 3.8) is 0 Å². The van der Waals surface area contributed by atoms with Crippen molar-refractivity contribution in [1.82, 2.24) is 9.88 Å². The zero-order chi connectivity index (χ0) is 13.0. The fourth-order valence-electron chi connectivity index (χ4n) is 2.61. The molecule has 2 atom stereocenters. The van der Waals surface area contributed by atoms with E-state index in [2.05, 4.69) is 16.8 Å². The minimum Gasteiger partial charge on any atom is -0.481 e. The second kappa shape index (κ2) is 6.29. The number of rotatable bonds is 5. The molecule has 4 nitrogen and oxygen atoms in total. The van der Waals surface area contributed by atoms with Crippen molar-refractivity contribution in [3.05, 3.63) is 16.6 Å². The second-order valence-electron chi connectivity index (χ2n) is 4.98. The monoisotopic (exact) mass is 268 g/mol. The van der Waals surface area contributed by atoms with Gasteiger partial charge in [-0.3, -0.25) is 9.69 Å². The second-order valence-corrected chi connectivity index (χ2v) is 5.91. The lowest BCUT2D eigenvalue weighted by Crippen LogP contribution is -2.37. The molecule has 1 N–H and O–H groups in total. The van der Waals surface area contributed by atoms with Crippen LogP contribution in [0.5, 0.6) is 0 Å². The molecule has 1 saturated heterocycles. The standard InChI is InChI=1S/C13H20N2O2S/c1-10(13-14-6-8-18-13)15-7-2-3-11(9-15)4-5-12(16)17/h6,8,10-11H,2-5,7,9H2,1H3,(H,16,17). The van der Waals surface area contributed by atoms with Crippen LogP contribution in [0.25, 0.3) is 0 Å². The molecule has 2 unspecified atom stereocenters.